The number of aliphatic hydroxyl groups excluding tert-OH is 1. The first-order valence-electron chi connectivity index (χ1n) is 7.41. The molecular formula is C17H25NO3. The van der Waals surface area contributed by atoms with E-state index in [9.17, 15) is 4.79 Å². The lowest BCUT2D eigenvalue weighted by Gasteiger charge is -2.16. The van der Waals surface area contributed by atoms with Crippen LogP contribution in [0.1, 0.15) is 38.7 Å². The molecule has 2 N–H and O–H groups in total. The van der Waals surface area contributed by atoms with E-state index < -0.39 is 6.09 Å². The van der Waals surface area contributed by atoms with Crippen molar-refractivity contribution in [3.05, 3.63) is 47.5 Å². The van der Waals surface area contributed by atoms with E-state index in [2.05, 4.69) is 12.2 Å². The van der Waals surface area contributed by atoms with E-state index >= 15 is 0 Å². The van der Waals surface area contributed by atoms with Gasteiger partial charge in [0.05, 0.1) is 6.61 Å². The van der Waals surface area contributed by atoms with Crippen molar-refractivity contribution >= 4 is 6.09 Å². The van der Waals surface area contributed by atoms with Gasteiger partial charge in [0.15, 0.2) is 0 Å². The van der Waals surface area contributed by atoms with E-state index in [1.165, 1.54) is 0 Å². The summed E-state index contributed by atoms with van der Waals surface area (Å²) in [6, 6.07) is 9.57. The van der Waals surface area contributed by atoms with Crippen LogP contribution in [-0.2, 0) is 11.3 Å². The summed E-state index contributed by atoms with van der Waals surface area (Å²) < 4.78 is 5.18. The van der Waals surface area contributed by atoms with E-state index in [4.69, 9.17) is 9.84 Å². The Hall–Kier alpha value is -1.81. The number of hydrogen-bond donors (Lipinski definition) is 2. The maximum absolute atomic E-state index is 11.7. The van der Waals surface area contributed by atoms with Gasteiger partial charge in [-0.3, -0.25) is 0 Å². The van der Waals surface area contributed by atoms with E-state index in [1.807, 2.05) is 43.3 Å². The van der Waals surface area contributed by atoms with Gasteiger partial charge in [0.1, 0.15) is 6.61 Å². The van der Waals surface area contributed by atoms with Crippen LogP contribution in [0.3, 0.4) is 0 Å². The molecule has 0 aliphatic heterocycles. The van der Waals surface area contributed by atoms with E-state index in [-0.39, 0.29) is 19.3 Å². The molecule has 0 spiro atoms. The lowest BCUT2D eigenvalue weighted by atomic mass is 10.0. The Balaban J connectivity index is 2.34. The molecule has 116 valence electrons. The summed E-state index contributed by atoms with van der Waals surface area (Å²) in [5, 5.41) is 11.8. The average Bonchev–Trinajstić information content (AvgIpc) is 2.46. The summed E-state index contributed by atoms with van der Waals surface area (Å²) >= 11 is 0. The Labute approximate surface area is 126 Å². The molecule has 0 aliphatic rings. The fourth-order valence-electron chi connectivity index (χ4n) is 2.15. The minimum Gasteiger partial charge on any atom is -0.445 e. The van der Waals surface area contributed by atoms with Crippen molar-refractivity contribution in [1.82, 2.24) is 5.32 Å². The van der Waals surface area contributed by atoms with Gasteiger partial charge in [-0.25, -0.2) is 4.79 Å². The molecule has 0 saturated heterocycles. The van der Waals surface area contributed by atoms with Gasteiger partial charge in [-0.1, -0.05) is 55.3 Å². The molecule has 0 aromatic heterocycles. The molecule has 0 heterocycles. The number of hydrogen-bond acceptors (Lipinski definition) is 3. The quantitative estimate of drug-likeness (QED) is 0.722. The number of aliphatic hydroxyl groups is 1. The Kier molecular flexibility index (Phi) is 8.21. The number of ether oxygens (including phenoxy) is 1. The summed E-state index contributed by atoms with van der Waals surface area (Å²) in [7, 11) is 0. The lowest BCUT2D eigenvalue weighted by molar-refractivity contribution is 0.136. The number of carbonyl (C=O) groups is 1. The minimum absolute atomic E-state index is 0.0161. The second kappa shape index (κ2) is 10.00. The topological polar surface area (TPSA) is 58.6 Å². The third-order valence-electron chi connectivity index (χ3n) is 3.10. The van der Waals surface area contributed by atoms with Gasteiger partial charge in [0, 0.05) is 6.04 Å². The van der Waals surface area contributed by atoms with Gasteiger partial charge in [-0.2, -0.15) is 0 Å². The molecule has 1 atom stereocenters. The molecule has 1 aromatic rings. The summed E-state index contributed by atoms with van der Waals surface area (Å²) in [6.07, 6.45) is 4.10. The Morgan fingerprint density at radius 3 is 2.71 bits per heavy atom. The first-order chi connectivity index (χ1) is 10.2. The molecule has 1 unspecified atom stereocenters. The van der Waals surface area contributed by atoms with Crippen molar-refractivity contribution in [3.63, 3.8) is 0 Å². The van der Waals surface area contributed by atoms with Crippen LogP contribution in [0, 0.1) is 0 Å². The maximum atomic E-state index is 11.7. The molecule has 0 fully saturated rings. The first-order valence-corrected chi connectivity index (χ1v) is 7.41. The van der Waals surface area contributed by atoms with E-state index in [1.54, 1.807) is 0 Å². The summed E-state index contributed by atoms with van der Waals surface area (Å²) in [6.45, 7) is 4.34. The number of rotatable bonds is 8. The summed E-state index contributed by atoms with van der Waals surface area (Å²) in [4.78, 5) is 11.7. The molecule has 0 aliphatic carbocycles. The molecule has 0 radical (unpaired) electrons. The Morgan fingerprint density at radius 1 is 1.38 bits per heavy atom. The molecule has 1 aromatic carbocycles. The largest absolute Gasteiger partial charge is 0.445 e. The third-order valence-corrected chi connectivity index (χ3v) is 3.10. The second-order valence-electron chi connectivity index (χ2n) is 5.11. The van der Waals surface area contributed by atoms with Crippen molar-refractivity contribution in [2.75, 3.05) is 6.61 Å². The number of nitrogens with one attached hydrogen (secondary N) is 1. The molecule has 1 amide bonds. The summed E-state index contributed by atoms with van der Waals surface area (Å²) in [5.41, 5.74) is 2.13. The van der Waals surface area contributed by atoms with Crippen LogP contribution < -0.4 is 5.32 Å². The van der Waals surface area contributed by atoms with Crippen molar-refractivity contribution in [1.29, 1.82) is 0 Å². The van der Waals surface area contributed by atoms with Gasteiger partial charge in [-0.15, -0.1) is 0 Å². The lowest BCUT2D eigenvalue weighted by Crippen LogP contribution is -2.33. The molecule has 4 nitrogen and oxygen atoms in total. The smallest absolute Gasteiger partial charge is 0.407 e. The second-order valence-corrected chi connectivity index (χ2v) is 5.11. The average molecular weight is 291 g/mol. The van der Waals surface area contributed by atoms with Crippen molar-refractivity contribution in [2.24, 2.45) is 0 Å². The van der Waals surface area contributed by atoms with Crippen LogP contribution >= 0.6 is 0 Å². The van der Waals surface area contributed by atoms with Crippen molar-refractivity contribution in [2.45, 2.75) is 45.8 Å². The summed E-state index contributed by atoms with van der Waals surface area (Å²) in [5.74, 6) is 0. The number of amides is 1. The maximum Gasteiger partial charge on any atom is 0.407 e. The fraction of sp³-hybridized carbons (Fsp3) is 0.471. The van der Waals surface area contributed by atoms with E-state index in [0.717, 1.165) is 30.4 Å². The number of carbonyl (C=O) groups excluding carboxylic acids is 1. The highest BCUT2D eigenvalue weighted by atomic mass is 16.5. The normalized spacial score (nSPS) is 12.8. The van der Waals surface area contributed by atoms with Gasteiger partial charge < -0.3 is 15.2 Å². The molecule has 4 heteroatoms. The monoisotopic (exact) mass is 291 g/mol. The van der Waals surface area contributed by atoms with Crippen LogP contribution in [0.5, 0.6) is 0 Å². The zero-order valence-corrected chi connectivity index (χ0v) is 12.8. The van der Waals surface area contributed by atoms with Gasteiger partial charge in [0.2, 0.25) is 0 Å². The Bertz CT molecular complexity index is 443. The van der Waals surface area contributed by atoms with Crippen LogP contribution in [0.4, 0.5) is 4.79 Å². The molecule has 21 heavy (non-hydrogen) atoms. The SMILES string of the molecule is CCC/C(=C/CO)CC(C)NC(=O)OCc1ccccc1. The van der Waals surface area contributed by atoms with Crippen LogP contribution in [0.15, 0.2) is 42.0 Å². The predicted octanol–water partition coefficient (Wildman–Crippen LogP) is 3.41. The minimum atomic E-state index is -0.411. The number of benzene rings is 1. The van der Waals surface area contributed by atoms with Gasteiger partial charge >= 0.3 is 6.09 Å². The van der Waals surface area contributed by atoms with Crippen LogP contribution in [-0.4, -0.2) is 23.8 Å². The van der Waals surface area contributed by atoms with Gasteiger partial charge in [-0.05, 0) is 25.3 Å². The molecular weight excluding hydrogens is 266 g/mol. The molecule has 1 rings (SSSR count). The highest BCUT2D eigenvalue weighted by molar-refractivity contribution is 5.67. The first kappa shape index (κ1) is 17.2. The molecule has 0 bridgehead atoms. The van der Waals surface area contributed by atoms with E-state index in [0.29, 0.717) is 0 Å². The molecule has 0 saturated carbocycles. The fourth-order valence-corrected chi connectivity index (χ4v) is 2.15. The standard InChI is InChI=1S/C17H25NO3/c1-3-7-15(10-11-19)12-14(2)18-17(20)21-13-16-8-5-4-6-9-16/h4-6,8-10,14,19H,3,7,11-13H2,1-2H3,(H,18,20)/b15-10-. The predicted molar refractivity (Wildman–Crippen MR) is 83.9 cm³/mol. The third kappa shape index (κ3) is 7.51. The number of alkyl carbamates (subject to hydrolysis) is 1. The van der Waals surface area contributed by atoms with Crippen molar-refractivity contribution in [3.8, 4) is 0 Å². The van der Waals surface area contributed by atoms with Crippen LogP contribution in [0.25, 0.3) is 0 Å². The highest BCUT2D eigenvalue weighted by Crippen LogP contribution is 2.12. The Morgan fingerprint density at radius 2 is 2.10 bits per heavy atom. The highest BCUT2D eigenvalue weighted by Gasteiger charge is 2.10. The zero-order chi connectivity index (χ0) is 15.5. The van der Waals surface area contributed by atoms with Gasteiger partial charge in [0.25, 0.3) is 0 Å². The van der Waals surface area contributed by atoms with Crippen molar-refractivity contribution < 1.29 is 14.6 Å². The zero-order valence-electron chi connectivity index (χ0n) is 12.8. The van der Waals surface area contributed by atoms with Crippen LogP contribution in [0.2, 0.25) is 0 Å².